The smallest absolute Gasteiger partial charge is 0.225 e. The van der Waals surface area contributed by atoms with E-state index in [1.54, 1.807) is 0 Å². The van der Waals surface area contributed by atoms with Crippen molar-refractivity contribution in [1.29, 1.82) is 0 Å². The van der Waals surface area contributed by atoms with E-state index in [0.29, 0.717) is 18.9 Å². The van der Waals surface area contributed by atoms with Gasteiger partial charge in [-0.3, -0.25) is 4.79 Å². The summed E-state index contributed by atoms with van der Waals surface area (Å²) in [5.74, 6) is 2.78. The van der Waals surface area contributed by atoms with Crippen LogP contribution in [0.4, 0.5) is 11.8 Å². The van der Waals surface area contributed by atoms with E-state index in [1.165, 1.54) is 51.4 Å². The normalized spacial score (nSPS) is 17.0. The number of anilines is 2. The van der Waals surface area contributed by atoms with Gasteiger partial charge < -0.3 is 15.0 Å². The minimum Gasteiger partial charge on any atom is -0.378 e. The molecule has 4 rings (SSSR count). The van der Waals surface area contributed by atoms with Crippen molar-refractivity contribution < 1.29 is 9.53 Å². The van der Waals surface area contributed by atoms with E-state index in [-0.39, 0.29) is 5.78 Å². The highest BCUT2D eigenvalue weighted by molar-refractivity contribution is 5.96. The molecule has 1 aromatic carbocycles. The Labute approximate surface area is 204 Å². The molecule has 0 spiro atoms. The first-order valence-corrected chi connectivity index (χ1v) is 13.2. The minimum atomic E-state index is 0.259. The Morgan fingerprint density at radius 3 is 2.56 bits per heavy atom. The van der Waals surface area contributed by atoms with Gasteiger partial charge in [0.15, 0.2) is 5.78 Å². The lowest BCUT2D eigenvalue weighted by atomic mass is 9.85. The Morgan fingerprint density at radius 2 is 1.79 bits per heavy atom. The maximum atomic E-state index is 12.6. The predicted molar refractivity (Wildman–Crippen MR) is 138 cm³/mol. The van der Waals surface area contributed by atoms with Crippen LogP contribution in [0.1, 0.15) is 85.8 Å². The number of hydrogen-bond acceptors (Lipinski definition) is 6. The fraction of sp³-hybridized carbons (Fsp3) is 0.607. The number of rotatable bonds is 11. The van der Waals surface area contributed by atoms with Crippen LogP contribution in [-0.4, -0.2) is 42.1 Å². The lowest BCUT2D eigenvalue weighted by Gasteiger charge is -2.28. The van der Waals surface area contributed by atoms with Crippen LogP contribution in [0.3, 0.4) is 0 Å². The van der Waals surface area contributed by atoms with Crippen LogP contribution in [0, 0.1) is 12.8 Å². The van der Waals surface area contributed by atoms with Gasteiger partial charge >= 0.3 is 0 Å². The molecule has 1 N–H and O–H groups in total. The van der Waals surface area contributed by atoms with Gasteiger partial charge in [0, 0.05) is 43.4 Å². The topological polar surface area (TPSA) is 67.3 Å². The molecule has 1 aliphatic heterocycles. The van der Waals surface area contributed by atoms with Crippen molar-refractivity contribution in [1.82, 2.24) is 9.97 Å². The SMILES string of the molecule is Cc1cc(N2CCOCC2)nc(NCc2ccc(C(=O)CCCCCC3CCCCC3)cc2)n1. The van der Waals surface area contributed by atoms with Gasteiger partial charge in [-0.2, -0.15) is 4.98 Å². The molecule has 1 aromatic heterocycles. The van der Waals surface area contributed by atoms with Crippen LogP contribution in [0.25, 0.3) is 0 Å². The molecule has 6 nitrogen and oxygen atoms in total. The van der Waals surface area contributed by atoms with E-state index in [2.05, 4.69) is 15.2 Å². The van der Waals surface area contributed by atoms with Crippen LogP contribution in [-0.2, 0) is 11.3 Å². The molecule has 34 heavy (non-hydrogen) atoms. The fourth-order valence-corrected chi connectivity index (χ4v) is 5.09. The van der Waals surface area contributed by atoms with Crippen molar-refractivity contribution in [3.63, 3.8) is 0 Å². The number of nitrogens with one attached hydrogen (secondary N) is 1. The number of carbonyl (C=O) groups is 1. The molecule has 2 aliphatic rings. The van der Waals surface area contributed by atoms with Crippen LogP contribution in [0.5, 0.6) is 0 Å². The molecule has 0 amide bonds. The molecule has 0 bridgehead atoms. The third-order valence-electron chi connectivity index (χ3n) is 7.14. The first kappa shape index (κ1) is 24.6. The highest BCUT2D eigenvalue weighted by atomic mass is 16.5. The summed E-state index contributed by atoms with van der Waals surface area (Å²) in [4.78, 5) is 24.0. The number of hydrogen-bond donors (Lipinski definition) is 1. The molecule has 1 saturated heterocycles. The Balaban J connectivity index is 1.20. The van der Waals surface area contributed by atoms with Crippen molar-refractivity contribution in [3.05, 3.63) is 47.2 Å². The number of carbonyl (C=O) groups excluding carboxylic acids is 1. The molecule has 6 heteroatoms. The van der Waals surface area contributed by atoms with Crippen LogP contribution < -0.4 is 10.2 Å². The van der Waals surface area contributed by atoms with E-state index in [4.69, 9.17) is 9.72 Å². The van der Waals surface area contributed by atoms with Gasteiger partial charge in [-0.1, -0.05) is 75.6 Å². The van der Waals surface area contributed by atoms with Gasteiger partial charge in [-0.25, -0.2) is 4.98 Å². The highest BCUT2D eigenvalue weighted by Crippen LogP contribution is 2.28. The predicted octanol–water partition coefficient (Wildman–Crippen LogP) is 5.95. The number of aromatic nitrogens is 2. The van der Waals surface area contributed by atoms with Gasteiger partial charge in [0.25, 0.3) is 0 Å². The Kier molecular flexibility index (Phi) is 9.31. The molecule has 0 radical (unpaired) electrons. The van der Waals surface area contributed by atoms with Crippen LogP contribution in [0.15, 0.2) is 30.3 Å². The summed E-state index contributed by atoms with van der Waals surface area (Å²) < 4.78 is 5.44. The van der Waals surface area contributed by atoms with E-state index in [1.807, 2.05) is 37.3 Å². The Morgan fingerprint density at radius 1 is 1.03 bits per heavy atom. The van der Waals surface area contributed by atoms with Gasteiger partial charge in [0.1, 0.15) is 5.82 Å². The average Bonchev–Trinajstić information content (AvgIpc) is 2.88. The van der Waals surface area contributed by atoms with E-state index >= 15 is 0 Å². The average molecular weight is 465 g/mol. The second-order valence-corrected chi connectivity index (χ2v) is 9.87. The van der Waals surface area contributed by atoms with Crippen LogP contribution in [0.2, 0.25) is 0 Å². The fourth-order valence-electron chi connectivity index (χ4n) is 5.09. The first-order chi connectivity index (χ1) is 16.7. The molecule has 0 atom stereocenters. The zero-order chi connectivity index (χ0) is 23.6. The third-order valence-corrected chi connectivity index (χ3v) is 7.14. The zero-order valence-corrected chi connectivity index (χ0v) is 20.7. The monoisotopic (exact) mass is 464 g/mol. The van der Waals surface area contributed by atoms with Gasteiger partial charge in [-0.15, -0.1) is 0 Å². The highest BCUT2D eigenvalue weighted by Gasteiger charge is 2.15. The summed E-state index contributed by atoms with van der Waals surface area (Å²) in [7, 11) is 0. The van der Waals surface area contributed by atoms with Gasteiger partial charge in [-0.05, 0) is 24.8 Å². The molecule has 0 unspecified atom stereocenters. The number of aryl methyl sites for hydroxylation is 1. The van der Waals surface area contributed by atoms with Crippen molar-refractivity contribution in [3.8, 4) is 0 Å². The summed E-state index contributed by atoms with van der Waals surface area (Å²) in [6, 6.07) is 9.99. The summed E-state index contributed by atoms with van der Waals surface area (Å²) in [6.07, 6.45) is 12.6. The molecular weight excluding hydrogens is 424 g/mol. The van der Waals surface area contributed by atoms with Crippen LogP contribution >= 0.6 is 0 Å². The number of morpholine rings is 1. The quantitative estimate of drug-likeness (QED) is 0.327. The molecule has 1 aliphatic carbocycles. The summed E-state index contributed by atoms with van der Waals surface area (Å²) >= 11 is 0. The lowest BCUT2D eigenvalue weighted by molar-refractivity contribution is 0.0979. The summed E-state index contributed by atoms with van der Waals surface area (Å²) in [5.41, 5.74) is 2.87. The second-order valence-electron chi connectivity index (χ2n) is 9.87. The maximum Gasteiger partial charge on any atom is 0.225 e. The molecule has 2 fully saturated rings. The van der Waals surface area contributed by atoms with Crippen molar-refractivity contribution in [2.45, 2.75) is 77.7 Å². The number of ketones is 1. The Bertz CT molecular complexity index is 903. The van der Waals surface area contributed by atoms with Gasteiger partial charge in [0.2, 0.25) is 5.95 Å². The molecule has 184 valence electrons. The minimum absolute atomic E-state index is 0.259. The molecular formula is C28H40N4O2. The number of unbranched alkanes of at least 4 members (excludes halogenated alkanes) is 2. The second kappa shape index (κ2) is 12.8. The third kappa shape index (κ3) is 7.52. The number of Topliss-reactive ketones (excluding diaryl/α,β-unsaturated/α-hetero) is 1. The van der Waals surface area contributed by atoms with Gasteiger partial charge in [0.05, 0.1) is 13.2 Å². The summed E-state index contributed by atoms with van der Waals surface area (Å²) in [5, 5.41) is 3.34. The number of nitrogens with zero attached hydrogens (tertiary/aromatic N) is 3. The molecule has 2 heterocycles. The number of benzene rings is 1. The standard InChI is InChI=1S/C28H40N4O2/c1-22-20-27(32-16-18-34-19-17-32)31-28(30-22)29-21-24-12-14-25(15-13-24)26(33)11-7-3-6-10-23-8-4-2-5-9-23/h12-15,20,23H,2-11,16-19,21H2,1H3,(H,29,30,31). The zero-order valence-electron chi connectivity index (χ0n) is 20.7. The van der Waals surface area contributed by atoms with E-state index < -0.39 is 0 Å². The molecule has 1 saturated carbocycles. The molecule has 2 aromatic rings. The largest absolute Gasteiger partial charge is 0.378 e. The number of ether oxygens (including phenoxy) is 1. The van der Waals surface area contributed by atoms with Crippen molar-refractivity contribution >= 4 is 17.5 Å². The summed E-state index contributed by atoms with van der Waals surface area (Å²) in [6.45, 7) is 5.79. The first-order valence-electron chi connectivity index (χ1n) is 13.2. The Hall–Kier alpha value is -2.47. The van der Waals surface area contributed by atoms with E-state index in [9.17, 15) is 4.79 Å². The lowest BCUT2D eigenvalue weighted by Crippen LogP contribution is -2.37. The van der Waals surface area contributed by atoms with Crippen molar-refractivity contribution in [2.75, 3.05) is 36.5 Å². The van der Waals surface area contributed by atoms with Crippen molar-refractivity contribution in [2.24, 2.45) is 5.92 Å². The van der Waals surface area contributed by atoms with E-state index in [0.717, 1.165) is 61.3 Å². The maximum absolute atomic E-state index is 12.6.